The van der Waals surface area contributed by atoms with Crippen molar-refractivity contribution in [3.05, 3.63) is 124 Å². The summed E-state index contributed by atoms with van der Waals surface area (Å²) in [5.74, 6) is 1.22. The molecule has 1 aliphatic rings. The smallest absolute Gasteiger partial charge is 0.222 e. The lowest BCUT2D eigenvalue weighted by molar-refractivity contribution is -0.116. The van der Waals surface area contributed by atoms with Crippen LogP contribution in [0.4, 0.5) is 5.82 Å². The van der Waals surface area contributed by atoms with E-state index in [0.29, 0.717) is 28.1 Å². The fraction of sp³-hybridized carbons (Fsp3) is 0.442. The first-order valence-electron chi connectivity index (χ1n) is 18.9. The molecule has 4 aromatic rings. The molecule has 0 saturated carbocycles. The van der Waals surface area contributed by atoms with Crippen LogP contribution in [0.5, 0.6) is 11.5 Å². The zero-order chi connectivity index (χ0) is 39.9. The third-order valence-electron chi connectivity index (χ3n) is 10.8. The van der Waals surface area contributed by atoms with Gasteiger partial charge in [0.25, 0.3) is 0 Å². The molecule has 0 unspecified atom stereocenters. The SMILES string of the molecule is COc1ccc(C(OC[C@H]2O[C@@H](n3ccc(=O)cc3NC(C)=O)[C@H](OCO[Si](C(C)C)(C(C)C)C(C)C)[C@@H]2O)(c2ccccc2)c2ccc(OC)cc2)cc1. The molecular weight excluding hydrogens is 717 g/mol. The monoisotopic (exact) mass is 772 g/mol. The topological polar surface area (TPSA) is 127 Å². The van der Waals surface area contributed by atoms with Gasteiger partial charge in [-0.15, -0.1) is 0 Å². The number of carbonyl (C=O) groups excluding carboxylic acids is 1. The van der Waals surface area contributed by atoms with Gasteiger partial charge in [0.2, 0.25) is 14.2 Å². The highest BCUT2D eigenvalue weighted by Gasteiger charge is 2.50. The molecule has 1 aromatic heterocycles. The first-order chi connectivity index (χ1) is 26.3. The number of rotatable bonds is 17. The van der Waals surface area contributed by atoms with E-state index in [0.717, 1.165) is 16.7 Å². The molecule has 296 valence electrons. The highest BCUT2D eigenvalue weighted by molar-refractivity contribution is 6.77. The molecular formula is C43H56N2O9Si. The molecule has 1 aliphatic heterocycles. The summed E-state index contributed by atoms with van der Waals surface area (Å²) in [7, 11) is 0.898. The van der Waals surface area contributed by atoms with Gasteiger partial charge in [-0.05, 0) is 57.6 Å². The van der Waals surface area contributed by atoms with Crippen LogP contribution in [0.25, 0.3) is 0 Å². The standard InChI is InChI=1S/C43H56N2O9Si/c1-28(2)55(29(3)4,30(5)6)53-27-51-41-40(48)38(54-42(41)45-24-23-35(47)25-39(45)44-31(7)46)26-52-43(32-13-11-10-12-14-32,33-15-19-36(49-8)20-16-33)34-17-21-37(50-9)22-18-34/h10-25,28-30,38,40-42,48H,26-27H2,1-9H3,(H,44,46)/t38-,40-,41-,42-/m1/s1. The van der Waals surface area contributed by atoms with Crippen LogP contribution in [0.2, 0.25) is 16.6 Å². The summed E-state index contributed by atoms with van der Waals surface area (Å²) in [6.07, 6.45) is -2.51. The summed E-state index contributed by atoms with van der Waals surface area (Å²) in [4.78, 5) is 24.8. The first-order valence-corrected chi connectivity index (χ1v) is 21.0. The van der Waals surface area contributed by atoms with E-state index in [1.807, 2.05) is 78.9 Å². The molecule has 11 nitrogen and oxygen atoms in total. The lowest BCUT2D eigenvalue weighted by Gasteiger charge is -2.42. The van der Waals surface area contributed by atoms with Crippen LogP contribution in [0.3, 0.4) is 0 Å². The van der Waals surface area contributed by atoms with E-state index >= 15 is 0 Å². The van der Waals surface area contributed by atoms with E-state index in [9.17, 15) is 14.7 Å². The van der Waals surface area contributed by atoms with E-state index in [1.165, 1.54) is 25.3 Å². The molecule has 0 bridgehead atoms. The number of carbonyl (C=O) groups is 1. The summed E-state index contributed by atoms with van der Waals surface area (Å²) in [6.45, 7) is 14.4. The lowest BCUT2D eigenvalue weighted by Crippen LogP contribution is -2.49. The Balaban J connectivity index is 1.56. The predicted octanol–water partition coefficient (Wildman–Crippen LogP) is 7.63. The predicted molar refractivity (Wildman–Crippen MR) is 215 cm³/mol. The molecule has 3 aromatic carbocycles. The maximum atomic E-state index is 12.5. The molecule has 1 saturated heterocycles. The Bertz CT molecular complexity index is 1830. The zero-order valence-corrected chi connectivity index (χ0v) is 34.4. The number of ether oxygens (including phenoxy) is 5. The Labute approximate surface area is 325 Å². The molecule has 12 heteroatoms. The van der Waals surface area contributed by atoms with E-state index in [4.69, 9.17) is 28.1 Å². The van der Waals surface area contributed by atoms with Crippen LogP contribution in [0.15, 0.2) is 102 Å². The van der Waals surface area contributed by atoms with Gasteiger partial charge in [-0.3, -0.25) is 9.59 Å². The van der Waals surface area contributed by atoms with Gasteiger partial charge in [-0.2, -0.15) is 0 Å². The first kappa shape index (κ1) is 41.9. The van der Waals surface area contributed by atoms with Crippen molar-refractivity contribution in [1.82, 2.24) is 4.57 Å². The Hall–Kier alpha value is -4.30. The second-order valence-electron chi connectivity index (χ2n) is 14.9. The van der Waals surface area contributed by atoms with Crippen molar-refractivity contribution in [2.75, 3.05) is 32.9 Å². The van der Waals surface area contributed by atoms with Crippen molar-refractivity contribution >= 4 is 20.0 Å². The minimum Gasteiger partial charge on any atom is -0.497 e. The Morgan fingerprint density at radius 1 is 0.836 bits per heavy atom. The molecule has 0 aliphatic carbocycles. The van der Waals surface area contributed by atoms with Gasteiger partial charge in [-0.25, -0.2) is 0 Å². The fourth-order valence-corrected chi connectivity index (χ4v) is 13.5. The van der Waals surface area contributed by atoms with Crippen LogP contribution in [-0.2, 0) is 29.0 Å². The molecule has 2 heterocycles. The lowest BCUT2D eigenvalue weighted by atomic mass is 9.80. The van der Waals surface area contributed by atoms with Crippen molar-refractivity contribution in [3.63, 3.8) is 0 Å². The van der Waals surface area contributed by atoms with Gasteiger partial charge in [0.15, 0.2) is 11.7 Å². The molecule has 2 N–H and O–H groups in total. The number of methoxy groups -OCH3 is 2. The van der Waals surface area contributed by atoms with Crippen LogP contribution < -0.4 is 20.2 Å². The maximum Gasteiger partial charge on any atom is 0.222 e. The Morgan fingerprint density at radius 3 is 1.85 bits per heavy atom. The van der Waals surface area contributed by atoms with Gasteiger partial charge in [0, 0.05) is 25.3 Å². The number of benzene rings is 3. The number of nitrogens with zero attached hydrogens (tertiary/aromatic N) is 1. The molecule has 5 rings (SSSR count). The van der Waals surface area contributed by atoms with E-state index in [1.54, 1.807) is 18.8 Å². The third kappa shape index (κ3) is 8.75. The molecule has 4 atom stereocenters. The van der Waals surface area contributed by atoms with E-state index in [-0.39, 0.29) is 30.6 Å². The number of hydrogen-bond acceptors (Lipinski definition) is 9. The largest absolute Gasteiger partial charge is 0.497 e. The summed E-state index contributed by atoms with van der Waals surface area (Å²) in [5, 5.41) is 14.9. The van der Waals surface area contributed by atoms with E-state index < -0.39 is 38.5 Å². The number of anilines is 1. The zero-order valence-electron chi connectivity index (χ0n) is 33.4. The Morgan fingerprint density at radius 2 is 1.36 bits per heavy atom. The van der Waals surface area contributed by atoms with Crippen LogP contribution in [0.1, 0.15) is 71.4 Å². The number of aromatic nitrogens is 1. The number of hydrogen-bond donors (Lipinski definition) is 2. The molecule has 1 fully saturated rings. The quantitative estimate of drug-likeness (QED) is 0.0633. The minimum absolute atomic E-state index is 0.0722. The molecule has 0 radical (unpaired) electrons. The van der Waals surface area contributed by atoms with Crippen LogP contribution in [-0.4, -0.2) is 69.8 Å². The van der Waals surface area contributed by atoms with Crippen LogP contribution >= 0.6 is 0 Å². The van der Waals surface area contributed by atoms with Crippen LogP contribution in [0, 0.1) is 0 Å². The number of aliphatic hydroxyl groups excluding tert-OH is 1. The van der Waals surface area contributed by atoms with Gasteiger partial charge < -0.3 is 43.1 Å². The normalized spacial score (nSPS) is 18.9. The maximum absolute atomic E-state index is 12.5. The second kappa shape index (κ2) is 18.1. The van der Waals surface area contributed by atoms with Crippen molar-refractivity contribution in [3.8, 4) is 11.5 Å². The highest BCUT2D eigenvalue weighted by Crippen LogP contribution is 2.45. The minimum atomic E-state index is -2.34. The number of aliphatic hydroxyl groups is 1. The van der Waals surface area contributed by atoms with Gasteiger partial charge in [-0.1, -0.05) is 96.1 Å². The second-order valence-corrected chi connectivity index (χ2v) is 20.4. The van der Waals surface area contributed by atoms with E-state index in [2.05, 4.69) is 46.9 Å². The van der Waals surface area contributed by atoms with Gasteiger partial charge >= 0.3 is 0 Å². The average Bonchev–Trinajstić information content (AvgIpc) is 3.47. The summed E-state index contributed by atoms with van der Waals surface area (Å²) in [5.41, 5.74) is 1.95. The van der Waals surface area contributed by atoms with Gasteiger partial charge in [0.1, 0.15) is 48.0 Å². The van der Waals surface area contributed by atoms with Crippen molar-refractivity contribution in [1.29, 1.82) is 0 Å². The average molecular weight is 773 g/mol. The summed E-state index contributed by atoms with van der Waals surface area (Å²) < 4.78 is 39.6. The Kier molecular flexibility index (Phi) is 13.8. The van der Waals surface area contributed by atoms with Crippen molar-refractivity contribution in [2.45, 2.75) is 95.2 Å². The third-order valence-corrected chi connectivity index (χ3v) is 16.8. The number of pyridine rings is 1. The van der Waals surface area contributed by atoms with Gasteiger partial charge in [0.05, 0.1) is 20.8 Å². The van der Waals surface area contributed by atoms with Crippen molar-refractivity contribution in [2.24, 2.45) is 0 Å². The number of amides is 1. The summed E-state index contributed by atoms with van der Waals surface area (Å²) in [6, 6.07) is 27.9. The molecule has 0 spiro atoms. The molecule has 1 amide bonds. The fourth-order valence-electron chi connectivity index (χ4n) is 8.25. The molecule has 55 heavy (non-hydrogen) atoms. The highest BCUT2D eigenvalue weighted by atomic mass is 28.4. The number of nitrogens with one attached hydrogen (secondary N) is 1. The summed E-state index contributed by atoms with van der Waals surface area (Å²) >= 11 is 0. The van der Waals surface area contributed by atoms with Crippen molar-refractivity contribution < 1.29 is 38.0 Å².